The largest absolute Gasteiger partial charge is 0.324 e. The Morgan fingerprint density at radius 1 is 1.12 bits per heavy atom. The quantitative estimate of drug-likeness (QED) is 0.781. The van der Waals surface area contributed by atoms with E-state index in [0.717, 1.165) is 17.7 Å². The van der Waals surface area contributed by atoms with Gasteiger partial charge in [0.05, 0.1) is 0 Å². The van der Waals surface area contributed by atoms with Crippen molar-refractivity contribution in [2.75, 3.05) is 16.8 Å². The van der Waals surface area contributed by atoms with Crippen LogP contribution < -0.4 is 10.2 Å². The molecule has 6 heteroatoms. The van der Waals surface area contributed by atoms with Crippen LogP contribution in [0.5, 0.6) is 0 Å². The first-order valence-corrected chi connectivity index (χ1v) is 8.38. The van der Waals surface area contributed by atoms with E-state index in [4.69, 9.17) is 0 Å². The Bertz CT molecular complexity index is 989. The minimum Gasteiger partial charge on any atom is -0.324 e. The lowest BCUT2D eigenvalue weighted by molar-refractivity contribution is 0.0984. The fourth-order valence-electron chi connectivity index (χ4n) is 3.12. The van der Waals surface area contributed by atoms with Crippen molar-refractivity contribution in [1.29, 1.82) is 0 Å². The molecule has 0 saturated carbocycles. The molecule has 130 valence electrons. The van der Waals surface area contributed by atoms with Gasteiger partial charge in [0, 0.05) is 23.6 Å². The molecule has 26 heavy (non-hydrogen) atoms. The second-order valence-corrected chi connectivity index (χ2v) is 6.19. The van der Waals surface area contributed by atoms with Crippen LogP contribution in [0.3, 0.4) is 0 Å². The molecule has 1 amide bonds. The van der Waals surface area contributed by atoms with Crippen LogP contribution in [-0.2, 0) is 6.42 Å². The highest BCUT2D eigenvalue weighted by Gasteiger charge is 2.26. The van der Waals surface area contributed by atoms with Crippen molar-refractivity contribution in [3.05, 3.63) is 77.4 Å². The van der Waals surface area contributed by atoms with Crippen molar-refractivity contribution in [2.45, 2.75) is 13.3 Å². The maximum Gasteiger partial charge on any atom is 0.277 e. The minimum absolute atomic E-state index is 0.164. The van der Waals surface area contributed by atoms with E-state index in [0.29, 0.717) is 23.6 Å². The van der Waals surface area contributed by atoms with Gasteiger partial charge in [-0.15, -0.1) is 0 Å². The van der Waals surface area contributed by atoms with Gasteiger partial charge in [0.25, 0.3) is 5.91 Å². The lowest BCUT2D eigenvalue weighted by Crippen LogP contribution is -2.30. The smallest absolute Gasteiger partial charge is 0.277 e. The predicted molar refractivity (Wildman–Crippen MR) is 98.3 cm³/mol. The summed E-state index contributed by atoms with van der Waals surface area (Å²) >= 11 is 0. The first-order chi connectivity index (χ1) is 12.6. The Balaban J connectivity index is 1.63. The molecule has 1 aliphatic rings. The number of nitrogens with one attached hydrogen (secondary N) is 1. The zero-order chi connectivity index (χ0) is 18.1. The van der Waals surface area contributed by atoms with Crippen molar-refractivity contribution in [3.63, 3.8) is 0 Å². The molecule has 2 heterocycles. The van der Waals surface area contributed by atoms with Gasteiger partial charge >= 0.3 is 0 Å². The SMILES string of the molecule is Cc1cc(C(=O)N2CCc3ccccc32)nc(Nc2cccc(F)c2)n1. The van der Waals surface area contributed by atoms with Gasteiger partial charge in [0.2, 0.25) is 5.95 Å². The molecule has 3 aromatic rings. The number of carbonyl (C=O) groups is 1. The molecule has 0 spiro atoms. The second-order valence-electron chi connectivity index (χ2n) is 6.19. The molecule has 0 bridgehead atoms. The Morgan fingerprint density at radius 3 is 2.81 bits per heavy atom. The molecular formula is C20H17FN4O. The van der Waals surface area contributed by atoms with Crippen molar-refractivity contribution < 1.29 is 9.18 Å². The number of nitrogens with zero attached hydrogens (tertiary/aromatic N) is 3. The number of hydrogen-bond donors (Lipinski definition) is 1. The molecule has 0 saturated heterocycles. The Hall–Kier alpha value is -3.28. The monoisotopic (exact) mass is 348 g/mol. The fraction of sp³-hybridized carbons (Fsp3) is 0.150. The molecule has 1 aromatic heterocycles. The molecule has 0 aliphatic carbocycles. The summed E-state index contributed by atoms with van der Waals surface area (Å²) in [6.07, 6.45) is 0.834. The van der Waals surface area contributed by atoms with Crippen LogP contribution in [0.15, 0.2) is 54.6 Å². The number of amides is 1. The summed E-state index contributed by atoms with van der Waals surface area (Å²) in [7, 11) is 0. The second kappa shape index (κ2) is 6.55. The van der Waals surface area contributed by atoms with Gasteiger partial charge in [-0.2, -0.15) is 0 Å². The highest BCUT2D eigenvalue weighted by atomic mass is 19.1. The summed E-state index contributed by atoms with van der Waals surface area (Å²) in [6.45, 7) is 2.43. The normalized spacial score (nSPS) is 12.8. The van der Waals surface area contributed by atoms with E-state index < -0.39 is 0 Å². The van der Waals surface area contributed by atoms with E-state index in [9.17, 15) is 9.18 Å². The number of rotatable bonds is 3. The number of halogens is 1. The molecule has 1 N–H and O–H groups in total. The number of fused-ring (bicyclic) bond motifs is 1. The average molecular weight is 348 g/mol. The zero-order valence-corrected chi connectivity index (χ0v) is 14.2. The third-order valence-electron chi connectivity index (χ3n) is 4.29. The summed E-state index contributed by atoms with van der Waals surface area (Å²) < 4.78 is 13.4. The first kappa shape index (κ1) is 16.2. The molecule has 0 fully saturated rings. The Labute approximate surface area is 150 Å². The predicted octanol–water partition coefficient (Wildman–Crippen LogP) is 3.87. The van der Waals surface area contributed by atoms with E-state index in [1.165, 1.54) is 12.1 Å². The third kappa shape index (κ3) is 3.13. The van der Waals surface area contributed by atoms with Gasteiger partial charge in [-0.05, 0) is 49.2 Å². The summed E-state index contributed by atoms with van der Waals surface area (Å²) in [4.78, 5) is 23.3. The lowest BCUT2D eigenvalue weighted by Gasteiger charge is -2.17. The number of para-hydroxylation sites is 1. The van der Waals surface area contributed by atoms with Crippen molar-refractivity contribution in [2.24, 2.45) is 0 Å². The van der Waals surface area contributed by atoms with Crippen LogP contribution in [0, 0.1) is 12.7 Å². The van der Waals surface area contributed by atoms with E-state index in [1.807, 2.05) is 24.3 Å². The van der Waals surface area contributed by atoms with Gasteiger partial charge < -0.3 is 10.2 Å². The minimum atomic E-state index is -0.354. The van der Waals surface area contributed by atoms with Gasteiger partial charge in [-0.1, -0.05) is 24.3 Å². The van der Waals surface area contributed by atoms with Crippen LogP contribution in [0.4, 0.5) is 21.7 Å². The number of aryl methyl sites for hydroxylation is 1. The van der Waals surface area contributed by atoms with E-state index in [1.54, 1.807) is 30.0 Å². The maximum absolute atomic E-state index is 13.4. The highest BCUT2D eigenvalue weighted by molar-refractivity contribution is 6.06. The number of carbonyl (C=O) groups excluding carboxylic acids is 1. The summed E-state index contributed by atoms with van der Waals surface area (Å²) in [6, 6.07) is 15.6. The van der Waals surface area contributed by atoms with Crippen molar-refractivity contribution >= 4 is 23.2 Å². The third-order valence-corrected chi connectivity index (χ3v) is 4.29. The zero-order valence-electron chi connectivity index (χ0n) is 14.2. The van der Waals surface area contributed by atoms with Crippen LogP contribution in [0.25, 0.3) is 0 Å². The molecule has 5 nitrogen and oxygen atoms in total. The van der Waals surface area contributed by atoms with Gasteiger partial charge in [-0.25, -0.2) is 14.4 Å². The Morgan fingerprint density at radius 2 is 1.96 bits per heavy atom. The van der Waals surface area contributed by atoms with Crippen LogP contribution >= 0.6 is 0 Å². The van der Waals surface area contributed by atoms with Crippen LogP contribution in [-0.4, -0.2) is 22.4 Å². The number of anilines is 3. The van der Waals surface area contributed by atoms with Gasteiger partial charge in [0.1, 0.15) is 11.5 Å². The Kier molecular flexibility index (Phi) is 4.08. The summed E-state index contributed by atoms with van der Waals surface area (Å²) in [5.74, 6) is -0.248. The number of aromatic nitrogens is 2. The molecule has 1 aliphatic heterocycles. The summed E-state index contributed by atoms with van der Waals surface area (Å²) in [5, 5.41) is 2.96. The lowest BCUT2D eigenvalue weighted by atomic mass is 10.2. The van der Waals surface area contributed by atoms with E-state index in [-0.39, 0.29) is 17.7 Å². The van der Waals surface area contributed by atoms with Gasteiger partial charge in [0.15, 0.2) is 0 Å². The van der Waals surface area contributed by atoms with E-state index in [2.05, 4.69) is 15.3 Å². The molecule has 2 aromatic carbocycles. The highest BCUT2D eigenvalue weighted by Crippen LogP contribution is 2.28. The first-order valence-electron chi connectivity index (χ1n) is 8.38. The van der Waals surface area contributed by atoms with Crippen LogP contribution in [0.2, 0.25) is 0 Å². The molecular weight excluding hydrogens is 331 g/mol. The van der Waals surface area contributed by atoms with E-state index >= 15 is 0 Å². The van der Waals surface area contributed by atoms with Gasteiger partial charge in [-0.3, -0.25) is 4.79 Å². The molecule has 0 radical (unpaired) electrons. The molecule has 4 rings (SSSR count). The number of hydrogen-bond acceptors (Lipinski definition) is 4. The molecule has 0 unspecified atom stereocenters. The fourth-order valence-corrected chi connectivity index (χ4v) is 3.12. The maximum atomic E-state index is 13.4. The average Bonchev–Trinajstić information content (AvgIpc) is 3.04. The topological polar surface area (TPSA) is 58.1 Å². The number of benzene rings is 2. The van der Waals surface area contributed by atoms with Crippen LogP contribution in [0.1, 0.15) is 21.7 Å². The standard InChI is InChI=1S/C20H17FN4O/c1-13-11-17(19(26)25-10-9-14-5-2-3-8-18(14)25)24-20(22-13)23-16-7-4-6-15(21)12-16/h2-8,11-12H,9-10H2,1H3,(H,22,23,24). The summed E-state index contributed by atoms with van der Waals surface area (Å²) in [5.41, 5.74) is 3.58. The van der Waals surface area contributed by atoms with Crippen molar-refractivity contribution in [3.8, 4) is 0 Å². The molecule has 0 atom stereocenters. The van der Waals surface area contributed by atoms with Crippen molar-refractivity contribution in [1.82, 2.24) is 9.97 Å².